The number of imidazole rings is 1. The van der Waals surface area contributed by atoms with Gasteiger partial charge in [-0.25, -0.2) is 9.97 Å². The van der Waals surface area contributed by atoms with Crippen LogP contribution in [0.4, 0.5) is 5.13 Å². The van der Waals surface area contributed by atoms with Crippen LogP contribution in [0.25, 0.3) is 22.0 Å². The molecule has 3 rings (SSSR count). The second kappa shape index (κ2) is 7.63. The molecular weight excluding hydrogens is 364 g/mol. The molecule has 0 radical (unpaired) electrons. The third-order valence-electron chi connectivity index (χ3n) is 3.58. The van der Waals surface area contributed by atoms with Gasteiger partial charge in [0.2, 0.25) is 5.91 Å². The standard InChI is InChI=1S/C19H22N4OS2/c1-19(2,3)25-12-14(24)21-18-22-15(13-8-6-5-7-9-13)16(26-18)17-20-10-11-23(17)4/h5-11H,12H2,1-4H3,(H,21,22,24). The van der Waals surface area contributed by atoms with E-state index in [1.54, 1.807) is 18.0 Å². The molecule has 0 saturated heterocycles. The number of nitrogens with one attached hydrogen (secondary N) is 1. The van der Waals surface area contributed by atoms with Crippen molar-refractivity contribution in [2.24, 2.45) is 7.05 Å². The van der Waals surface area contributed by atoms with Crippen LogP contribution in [0.1, 0.15) is 20.8 Å². The van der Waals surface area contributed by atoms with E-state index in [0.29, 0.717) is 10.9 Å². The van der Waals surface area contributed by atoms with Gasteiger partial charge in [0.15, 0.2) is 11.0 Å². The van der Waals surface area contributed by atoms with E-state index in [1.165, 1.54) is 11.3 Å². The van der Waals surface area contributed by atoms with E-state index < -0.39 is 0 Å². The maximum absolute atomic E-state index is 12.3. The van der Waals surface area contributed by atoms with Crippen LogP contribution in [-0.4, -0.2) is 30.9 Å². The molecule has 2 heterocycles. The molecule has 136 valence electrons. The second-order valence-electron chi connectivity index (χ2n) is 6.87. The topological polar surface area (TPSA) is 59.8 Å². The Labute approximate surface area is 161 Å². The van der Waals surface area contributed by atoms with Gasteiger partial charge < -0.3 is 9.88 Å². The highest BCUT2D eigenvalue weighted by atomic mass is 32.2. The number of rotatable bonds is 5. The highest BCUT2D eigenvalue weighted by molar-refractivity contribution is 8.01. The lowest BCUT2D eigenvalue weighted by atomic mass is 10.1. The quantitative estimate of drug-likeness (QED) is 0.692. The smallest absolute Gasteiger partial charge is 0.236 e. The van der Waals surface area contributed by atoms with Crippen LogP contribution in [0.2, 0.25) is 0 Å². The molecule has 3 aromatic rings. The largest absolute Gasteiger partial charge is 0.333 e. The van der Waals surface area contributed by atoms with Crippen LogP contribution in [0, 0.1) is 0 Å². The van der Waals surface area contributed by atoms with Crippen molar-refractivity contribution in [3.05, 3.63) is 42.7 Å². The average molecular weight is 387 g/mol. The number of amides is 1. The van der Waals surface area contributed by atoms with Gasteiger partial charge in [-0.05, 0) is 0 Å². The molecule has 1 amide bonds. The molecule has 7 heteroatoms. The lowest BCUT2D eigenvalue weighted by Crippen LogP contribution is -2.18. The first-order valence-corrected chi connectivity index (χ1v) is 10.1. The fourth-order valence-electron chi connectivity index (χ4n) is 2.34. The van der Waals surface area contributed by atoms with E-state index in [2.05, 4.69) is 36.1 Å². The number of anilines is 1. The number of thiazole rings is 1. The van der Waals surface area contributed by atoms with E-state index in [0.717, 1.165) is 22.0 Å². The molecule has 0 spiro atoms. The third-order valence-corrected chi connectivity index (χ3v) is 5.82. The minimum atomic E-state index is -0.0373. The van der Waals surface area contributed by atoms with Gasteiger partial charge in [-0.1, -0.05) is 62.4 Å². The number of nitrogens with zero attached hydrogens (tertiary/aromatic N) is 3. The maximum atomic E-state index is 12.3. The highest BCUT2D eigenvalue weighted by Gasteiger charge is 2.20. The lowest BCUT2D eigenvalue weighted by molar-refractivity contribution is -0.113. The van der Waals surface area contributed by atoms with E-state index in [9.17, 15) is 4.79 Å². The monoisotopic (exact) mass is 386 g/mol. The molecule has 0 atom stereocenters. The van der Waals surface area contributed by atoms with Crippen molar-refractivity contribution >= 4 is 34.1 Å². The van der Waals surface area contributed by atoms with E-state index >= 15 is 0 Å². The van der Waals surface area contributed by atoms with Crippen molar-refractivity contribution < 1.29 is 4.79 Å². The molecule has 0 aliphatic heterocycles. The summed E-state index contributed by atoms with van der Waals surface area (Å²) < 4.78 is 2.01. The predicted molar refractivity (Wildman–Crippen MR) is 111 cm³/mol. The summed E-state index contributed by atoms with van der Waals surface area (Å²) in [6.45, 7) is 6.29. The fourth-order valence-corrected chi connectivity index (χ4v) is 4.02. The zero-order valence-corrected chi connectivity index (χ0v) is 16.9. The van der Waals surface area contributed by atoms with Gasteiger partial charge in [-0.3, -0.25) is 4.79 Å². The Morgan fingerprint density at radius 1 is 1.27 bits per heavy atom. The zero-order valence-electron chi connectivity index (χ0n) is 15.3. The molecule has 0 aliphatic carbocycles. The number of aryl methyl sites for hydroxylation is 1. The summed E-state index contributed by atoms with van der Waals surface area (Å²) in [6.07, 6.45) is 3.67. The summed E-state index contributed by atoms with van der Waals surface area (Å²) in [6, 6.07) is 9.97. The van der Waals surface area contributed by atoms with Crippen LogP contribution in [0.3, 0.4) is 0 Å². The number of carbonyl (C=O) groups excluding carboxylic acids is 1. The van der Waals surface area contributed by atoms with Crippen molar-refractivity contribution in [2.75, 3.05) is 11.1 Å². The van der Waals surface area contributed by atoms with Crippen LogP contribution in [0.5, 0.6) is 0 Å². The predicted octanol–water partition coefficient (Wildman–Crippen LogP) is 4.68. The van der Waals surface area contributed by atoms with Crippen LogP contribution in [0.15, 0.2) is 42.7 Å². The van der Waals surface area contributed by atoms with Gasteiger partial charge in [0.05, 0.1) is 16.3 Å². The summed E-state index contributed by atoms with van der Waals surface area (Å²) in [7, 11) is 1.95. The highest BCUT2D eigenvalue weighted by Crippen LogP contribution is 2.38. The van der Waals surface area contributed by atoms with Gasteiger partial charge in [0.1, 0.15) is 0 Å². The van der Waals surface area contributed by atoms with Gasteiger partial charge in [0.25, 0.3) is 0 Å². The number of benzene rings is 1. The van der Waals surface area contributed by atoms with Crippen molar-refractivity contribution in [3.63, 3.8) is 0 Å². The second-order valence-corrected chi connectivity index (χ2v) is 9.67. The van der Waals surface area contributed by atoms with Crippen LogP contribution in [-0.2, 0) is 11.8 Å². The fraction of sp³-hybridized carbons (Fsp3) is 0.316. The van der Waals surface area contributed by atoms with E-state index in [-0.39, 0.29) is 10.7 Å². The molecule has 0 bridgehead atoms. The molecular formula is C19H22N4OS2. The van der Waals surface area contributed by atoms with Crippen LogP contribution >= 0.6 is 23.1 Å². The van der Waals surface area contributed by atoms with Gasteiger partial charge in [-0.15, -0.1) is 11.8 Å². The van der Waals surface area contributed by atoms with E-state index in [1.807, 2.05) is 48.1 Å². The summed E-state index contributed by atoms with van der Waals surface area (Å²) in [5, 5.41) is 3.54. The first kappa shape index (κ1) is 18.7. The Morgan fingerprint density at radius 2 is 2.00 bits per heavy atom. The molecule has 5 nitrogen and oxygen atoms in total. The third kappa shape index (κ3) is 4.53. The molecule has 0 saturated carbocycles. The summed E-state index contributed by atoms with van der Waals surface area (Å²) >= 11 is 3.07. The Kier molecular flexibility index (Phi) is 5.48. The summed E-state index contributed by atoms with van der Waals surface area (Å²) in [5.41, 5.74) is 1.84. The molecule has 1 N–H and O–H groups in total. The van der Waals surface area contributed by atoms with Crippen molar-refractivity contribution in [1.82, 2.24) is 14.5 Å². The Morgan fingerprint density at radius 3 is 2.62 bits per heavy atom. The van der Waals surface area contributed by atoms with Crippen molar-refractivity contribution in [1.29, 1.82) is 0 Å². The Balaban J connectivity index is 1.90. The molecule has 0 unspecified atom stereocenters. The Bertz CT molecular complexity index is 894. The first-order valence-electron chi connectivity index (χ1n) is 8.31. The summed E-state index contributed by atoms with van der Waals surface area (Å²) in [4.78, 5) is 22.4. The SMILES string of the molecule is Cn1ccnc1-c1sc(NC(=O)CSC(C)(C)C)nc1-c1ccccc1. The van der Waals surface area contributed by atoms with Crippen LogP contribution < -0.4 is 5.32 Å². The van der Waals surface area contributed by atoms with Gasteiger partial charge in [0, 0.05) is 29.8 Å². The first-order chi connectivity index (χ1) is 12.3. The minimum absolute atomic E-state index is 0.0373. The van der Waals surface area contributed by atoms with Gasteiger partial charge in [-0.2, -0.15) is 0 Å². The molecule has 1 aromatic carbocycles. The lowest BCUT2D eigenvalue weighted by Gasteiger charge is -2.16. The number of thioether (sulfide) groups is 1. The number of hydrogen-bond donors (Lipinski definition) is 1. The number of hydrogen-bond acceptors (Lipinski definition) is 5. The minimum Gasteiger partial charge on any atom is -0.333 e. The summed E-state index contributed by atoms with van der Waals surface area (Å²) in [5.74, 6) is 1.21. The molecule has 26 heavy (non-hydrogen) atoms. The van der Waals surface area contributed by atoms with Crippen molar-refractivity contribution in [2.45, 2.75) is 25.5 Å². The normalized spacial score (nSPS) is 11.5. The van der Waals surface area contributed by atoms with E-state index in [4.69, 9.17) is 0 Å². The molecule has 0 fully saturated rings. The Hall–Kier alpha value is -2.12. The average Bonchev–Trinajstić information content (AvgIpc) is 3.19. The molecule has 0 aliphatic rings. The number of carbonyl (C=O) groups is 1. The van der Waals surface area contributed by atoms with Gasteiger partial charge >= 0.3 is 0 Å². The maximum Gasteiger partial charge on any atom is 0.236 e. The molecule has 2 aromatic heterocycles. The van der Waals surface area contributed by atoms with Crippen molar-refractivity contribution in [3.8, 4) is 22.0 Å². The number of aromatic nitrogens is 3. The zero-order chi connectivity index (χ0) is 18.7.